The molecule has 2 unspecified atom stereocenters. The molecule has 0 aromatic rings. The lowest BCUT2D eigenvalue weighted by Gasteiger charge is -2.32. The predicted octanol–water partition coefficient (Wildman–Crippen LogP) is 2.95. The highest BCUT2D eigenvalue weighted by atomic mass is 16.2. The molecule has 0 aliphatic heterocycles. The Morgan fingerprint density at radius 1 is 1.28 bits per heavy atom. The third-order valence-electron chi connectivity index (χ3n) is 3.60. The normalized spacial score (nSPS) is 16.4. The van der Waals surface area contributed by atoms with Crippen molar-refractivity contribution in [3.63, 3.8) is 0 Å². The summed E-state index contributed by atoms with van der Waals surface area (Å²) in [5.74, 6) is 1.28. The minimum atomic E-state index is -0.440. The van der Waals surface area contributed by atoms with Gasteiger partial charge in [0.15, 0.2) is 0 Å². The molecular formula is C15H32N2O. The summed E-state index contributed by atoms with van der Waals surface area (Å²) < 4.78 is 0. The van der Waals surface area contributed by atoms with Crippen molar-refractivity contribution in [1.82, 2.24) is 10.6 Å². The SMILES string of the molecule is CCCC(CC)CNC(C)(CC(C)C)C(=O)NC. The first-order valence-electron chi connectivity index (χ1n) is 7.36. The first-order valence-corrected chi connectivity index (χ1v) is 7.36. The zero-order valence-corrected chi connectivity index (χ0v) is 13.1. The van der Waals surface area contributed by atoms with Crippen LogP contribution >= 0.6 is 0 Å². The first kappa shape index (κ1) is 17.4. The summed E-state index contributed by atoms with van der Waals surface area (Å²) in [6.45, 7) is 11.7. The number of carbonyl (C=O) groups is 1. The summed E-state index contributed by atoms with van der Waals surface area (Å²) in [6, 6.07) is 0. The number of amides is 1. The third kappa shape index (κ3) is 5.85. The van der Waals surface area contributed by atoms with Crippen molar-refractivity contribution in [2.75, 3.05) is 13.6 Å². The van der Waals surface area contributed by atoms with Crippen molar-refractivity contribution >= 4 is 5.91 Å². The van der Waals surface area contributed by atoms with Gasteiger partial charge in [0.2, 0.25) is 5.91 Å². The molecule has 0 bridgehead atoms. The number of hydrogen-bond acceptors (Lipinski definition) is 2. The van der Waals surface area contributed by atoms with Gasteiger partial charge in [-0.3, -0.25) is 4.79 Å². The fourth-order valence-corrected chi connectivity index (χ4v) is 2.57. The smallest absolute Gasteiger partial charge is 0.239 e. The van der Waals surface area contributed by atoms with E-state index in [1.165, 1.54) is 19.3 Å². The van der Waals surface area contributed by atoms with Crippen molar-refractivity contribution in [2.45, 2.75) is 65.8 Å². The van der Waals surface area contributed by atoms with Gasteiger partial charge in [0.1, 0.15) is 0 Å². The molecule has 0 aromatic carbocycles. The van der Waals surface area contributed by atoms with Crippen LogP contribution in [-0.4, -0.2) is 25.0 Å². The van der Waals surface area contributed by atoms with Gasteiger partial charge < -0.3 is 10.6 Å². The average molecular weight is 256 g/mol. The van der Waals surface area contributed by atoms with Crippen molar-refractivity contribution in [3.05, 3.63) is 0 Å². The Balaban J connectivity index is 4.54. The lowest BCUT2D eigenvalue weighted by atomic mass is 9.88. The van der Waals surface area contributed by atoms with E-state index in [4.69, 9.17) is 0 Å². The highest BCUT2D eigenvalue weighted by molar-refractivity contribution is 5.85. The Labute approximate surface area is 113 Å². The van der Waals surface area contributed by atoms with E-state index < -0.39 is 5.54 Å². The van der Waals surface area contributed by atoms with Gasteiger partial charge in [-0.2, -0.15) is 0 Å². The summed E-state index contributed by atoms with van der Waals surface area (Å²) in [4.78, 5) is 12.1. The molecule has 0 aliphatic carbocycles. The zero-order valence-electron chi connectivity index (χ0n) is 13.1. The molecule has 0 spiro atoms. The summed E-state index contributed by atoms with van der Waals surface area (Å²) in [5, 5.41) is 6.29. The number of rotatable bonds is 9. The van der Waals surface area contributed by atoms with E-state index in [1.807, 2.05) is 6.92 Å². The van der Waals surface area contributed by atoms with Gasteiger partial charge in [-0.05, 0) is 38.1 Å². The molecular weight excluding hydrogens is 224 g/mol. The number of carbonyl (C=O) groups excluding carboxylic acids is 1. The maximum absolute atomic E-state index is 12.1. The molecule has 0 heterocycles. The maximum Gasteiger partial charge on any atom is 0.239 e. The monoisotopic (exact) mass is 256 g/mol. The van der Waals surface area contributed by atoms with Crippen LogP contribution in [0.2, 0.25) is 0 Å². The van der Waals surface area contributed by atoms with Gasteiger partial charge in [-0.25, -0.2) is 0 Å². The number of hydrogen-bond donors (Lipinski definition) is 2. The lowest BCUT2D eigenvalue weighted by Crippen LogP contribution is -2.55. The van der Waals surface area contributed by atoms with E-state index in [9.17, 15) is 4.79 Å². The molecule has 0 saturated carbocycles. The summed E-state index contributed by atoms with van der Waals surface area (Å²) in [5.41, 5.74) is -0.440. The van der Waals surface area contributed by atoms with Crippen LogP contribution in [0.1, 0.15) is 60.3 Å². The van der Waals surface area contributed by atoms with Crippen molar-refractivity contribution in [1.29, 1.82) is 0 Å². The van der Waals surface area contributed by atoms with Crippen LogP contribution in [-0.2, 0) is 4.79 Å². The van der Waals surface area contributed by atoms with Gasteiger partial charge in [0.25, 0.3) is 0 Å². The van der Waals surface area contributed by atoms with Crippen molar-refractivity contribution in [3.8, 4) is 0 Å². The molecule has 2 atom stereocenters. The Kier molecular flexibility index (Phi) is 8.25. The van der Waals surface area contributed by atoms with E-state index in [-0.39, 0.29) is 5.91 Å². The van der Waals surface area contributed by atoms with Gasteiger partial charge >= 0.3 is 0 Å². The highest BCUT2D eigenvalue weighted by Crippen LogP contribution is 2.18. The van der Waals surface area contributed by atoms with Crippen LogP contribution in [0.5, 0.6) is 0 Å². The standard InChI is InChI=1S/C15H32N2O/c1-7-9-13(8-2)11-17-15(5,10-12(3)4)14(18)16-6/h12-13,17H,7-11H2,1-6H3,(H,16,18). The van der Waals surface area contributed by atoms with Crippen molar-refractivity contribution in [2.24, 2.45) is 11.8 Å². The van der Waals surface area contributed by atoms with Gasteiger partial charge in [-0.1, -0.05) is 40.5 Å². The van der Waals surface area contributed by atoms with E-state index in [2.05, 4.69) is 38.3 Å². The van der Waals surface area contributed by atoms with Crippen LogP contribution in [0, 0.1) is 11.8 Å². The molecule has 1 amide bonds. The second kappa shape index (κ2) is 8.52. The van der Waals surface area contributed by atoms with Crippen molar-refractivity contribution < 1.29 is 4.79 Å². The molecule has 0 rings (SSSR count). The minimum Gasteiger partial charge on any atom is -0.358 e. The quantitative estimate of drug-likeness (QED) is 0.666. The maximum atomic E-state index is 12.1. The molecule has 18 heavy (non-hydrogen) atoms. The van der Waals surface area contributed by atoms with E-state index >= 15 is 0 Å². The van der Waals surface area contributed by atoms with E-state index in [0.29, 0.717) is 11.8 Å². The number of nitrogens with one attached hydrogen (secondary N) is 2. The topological polar surface area (TPSA) is 41.1 Å². The molecule has 3 heteroatoms. The van der Waals surface area contributed by atoms with Crippen LogP contribution in [0.4, 0.5) is 0 Å². The minimum absolute atomic E-state index is 0.0996. The Hall–Kier alpha value is -0.570. The Morgan fingerprint density at radius 3 is 2.28 bits per heavy atom. The first-order chi connectivity index (χ1) is 8.39. The zero-order chi connectivity index (χ0) is 14.2. The van der Waals surface area contributed by atoms with Crippen LogP contribution in [0.3, 0.4) is 0 Å². The molecule has 0 radical (unpaired) electrons. The van der Waals surface area contributed by atoms with Gasteiger partial charge in [0, 0.05) is 7.05 Å². The fourth-order valence-electron chi connectivity index (χ4n) is 2.57. The second-order valence-electron chi connectivity index (χ2n) is 5.95. The molecule has 3 nitrogen and oxygen atoms in total. The Morgan fingerprint density at radius 2 is 1.89 bits per heavy atom. The van der Waals surface area contributed by atoms with Gasteiger partial charge in [-0.15, -0.1) is 0 Å². The van der Waals surface area contributed by atoms with Gasteiger partial charge in [0.05, 0.1) is 5.54 Å². The van der Waals surface area contributed by atoms with Crippen LogP contribution < -0.4 is 10.6 Å². The molecule has 108 valence electrons. The van der Waals surface area contributed by atoms with E-state index in [1.54, 1.807) is 7.05 Å². The predicted molar refractivity (Wildman–Crippen MR) is 78.6 cm³/mol. The molecule has 2 N–H and O–H groups in total. The second-order valence-corrected chi connectivity index (χ2v) is 5.95. The summed E-state index contributed by atoms with van der Waals surface area (Å²) >= 11 is 0. The Bertz CT molecular complexity index is 241. The third-order valence-corrected chi connectivity index (χ3v) is 3.60. The molecule has 0 aromatic heterocycles. The largest absolute Gasteiger partial charge is 0.358 e. The average Bonchev–Trinajstić information content (AvgIpc) is 2.32. The summed E-state index contributed by atoms with van der Waals surface area (Å²) in [6.07, 6.45) is 4.48. The van der Waals surface area contributed by atoms with E-state index in [0.717, 1.165) is 13.0 Å². The molecule has 0 aliphatic rings. The molecule has 0 saturated heterocycles. The highest BCUT2D eigenvalue weighted by Gasteiger charge is 2.32. The van der Waals surface area contributed by atoms with Crippen LogP contribution in [0.25, 0.3) is 0 Å². The fraction of sp³-hybridized carbons (Fsp3) is 0.933. The molecule has 0 fully saturated rings. The van der Waals surface area contributed by atoms with Crippen LogP contribution in [0.15, 0.2) is 0 Å². The summed E-state index contributed by atoms with van der Waals surface area (Å²) in [7, 11) is 1.71. The number of likely N-dealkylation sites (N-methyl/N-ethyl adjacent to an activating group) is 1. The lowest BCUT2D eigenvalue weighted by molar-refractivity contribution is -0.127.